The second kappa shape index (κ2) is 15.6. The van der Waals surface area contributed by atoms with Gasteiger partial charge in [-0.3, -0.25) is 4.79 Å². The van der Waals surface area contributed by atoms with Gasteiger partial charge in [0.05, 0.1) is 46.1 Å². The Kier molecular flexibility index (Phi) is 11.7. The van der Waals surface area contributed by atoms with Gasteiger partial charge >= 0.3 is 12.0 Å². The van der Waals surface area contributed by atoms with Gasteiger partial charge in [-0.25, -0.2) is 15.0 Å². The van der Waals surface area contributed by atoms with Crippen LogP contribution in [0.15, 0.2) is 75.4 Å². The van der Waals surface area contributed by atoms with Gasteiger partial charge in [-0.1, -0.05) is 35.3 Å². The van der Waals surface area contributed by atoms with Crippen LogP contribution in [0.1, 0.15) is 36.6 Å². The number of hydrazone groups is 1. The Bertz CT molecular complexity index is 1660. The van der Waals surface area contributed by atoms with Crippen molar-refractivity contribution >= 4 is 63.3 Å². The number of halogens is 3. The molecule has 0 unspecified atom stereocenters. The van der Waals surface area contributed by atoms with Crippen molar-refractivity contribution in [2.45, 2.75) is 26.5 Å². The molecule has 3 N–H and O–H groups in total. The van der Waals surface area contributed by atoms with Gasteiger partial charge in [-0.2, -0.15) is 5.10 Å². The number of rotatable bonds is 12. The molecule has 0 bridgehead atoms. The third-order valence-corrected chi connectivity index (χ3v) is 7.74. The highest BCUT2D eigenvalue weighted by Gasteiger charge is 2.32. The van der Waals surface area contributed by atoms with Gasteiger partial charge in [-0.15, -0.1) is 0 Å². The summed E-state index contributed by atoms with van der Waals surface area (Å²) >= 11 is 15.5. The quantitative estimate of drug-likeness (QED) is 0.118. The molecule has 0 saturated carbocycles. The van der Waals surface area contributed by atoms with Gasteiger partial charge in [0.2, 0.25) is 0 Å². The van der Waals surface area contributed by atoms with Crippen molar-refractivity contribution in [2.75, 3.05) is 20.3 Å². The number of nitrogens with zero attached hydrogens (tertiary/aromatic N) is 1. The van der Waals surface area contributed by atoms with E-state index in [1.807, 2.05) is 6.07 Å². The lowest BCUT2D eigenvalue weighted by Gasteiger charge is -2.28. The summed E-state index contributed by atoms with van der Waals surface area (Å²) in [6, 6.07) is 14.2. The zero-order valence-corrected chi connectivity index (χ0v) is 27.5. The number of hydrogen-bond acceptors (Lipinski definition) is 8. The van der Waals surface area contributed by atoms with Crippen molar-refractivity contribution in [3.63, 3.8) is 0 Å². The molecule has 0 saturated heterocycles. The molecule has 0 fully saturated rings. The average Bonchev–Trinajstić information content (AvgIpc) is 3.00. The molecule has 11 nitrogen and oxygen atoms in total. The number of ether oxygens (including phenoxy) is 4. The summed E-state index contributed by atoms with van der Waals surface area (Å²) in [5.41, 5.74) is 5.20. The van der Waals surface area contributed by atoms with Gasteiger partial charge in [0.25, 0.3) is 5.91 Å². The van der Waals surface area contributed by atoms with Crippen LogP contribution in [0.4, 0.5) is 4.79 Å². The summed E-state index contributed by atoms with van der Waals surface area (Å²) in [6.45, 7) is 3.45. The number of carbonyl (C=O) groups is 3. The molecule has 0 aliphatic carbocycles. The molecule has 1 aliphatic rings. The number of urea groups is 1. The van der Waals surface area contributed by atoms with E-state index in [1.54, 1.807) is 62.4 Å². The van der Waals surface area contributed by atoms with E-state index in [1.165, 1.54) is 13.3 Å². The summed E-state index contributed by atoms with van der Waals surface area (Å²) in [5, 5.41) is 10.2. The maximum Gasteiger partial charge on any atom is 0.338 e. The molecule has 1 atom stereocenters. The van der Waals surface area contributed by atoms with Gasteiger partial charge in [0.1, 0.15) is 12.4 Å². The lowest BCUT2D eigenvalue weighted by Crippen LogP contribution is -2.45. The average molecular weight is 720 g/mol. The van der Waals surface area contributed by atoms with Crippen molar-refractivity contribution < 1.29 is 33.3 Å². The van der Waals surface area contributed by atoms with Gasteiger partial charge in [-0.05, 0) is 88.9 Å². The zero-order valence-electron chi connectivity index (χ0n) is 24.4. The second-order valence-corrected chi connectivity index (χ2v) is 11.2. The zero-order chi connectivity index (χ0) is 32.5. The minimum atomic E-state index is -0.776. The third kappa shape index (κ3) is 8.90. The number of allylic oxidation sites excluding steroid dienone is 1. The number of methoxy groups -OCH3 is 1. The van der Waals surface area contributed by atoms with Crippen molar-refractivity contribution in [1.82, 2.24) is 16.1 Å². The lowest BCUT2D eigenvalue weighted by molar-refractivity contribution is -0.139. The fourth-order valence-corrected chi connectivity index (χ4v) is 5.10. The predicted molar refractivity (Wildman–Crippen MR) is 173 cm³/mol. The molecular weight excluding hydrogens is 691 g/mol. The van der Waals surface area contributed by atoms with Crippen LogP contribution in [0.5, 0.6) is 17.2 Å². The Morgan fingerprint density at radius 3 is 2.51 bits per heavy atom. The molecular formula is C31H29BrCl2N4O7. The first-order valence-corrected chi connectivity index (χ1v) is 15.1. The molecule has 0 radical (unpaired) electrons. The van der Waals surface area contributed by atoms with Crippen LogP contribution in [0, 0.1) is 0 Å². The predicted octanol–water partition coefficient (Wildman–Crippen LogP) is 6.06. The van der Waals surface area contributed by atoms with Crippen LogP contribution in [0.3, 0.4) is 0 Å². The lowest BCUT2D eigenvalue weighted by atomic mass is 9.95. The molecule has 1 heterocycles. The first-order chi connectivity index (χ1) is 21.6. The first kappa shape index (κ1) is 33.6. The van der Waals surface area contributed by atoms with Crippen molar-refractivity contribution in [3.05, 3.63) is 97.1 Å². The van der Waals surface area contributed by atoms with Crippen LogP contribution in [0.25, 0.3) is 0 Å². The van der Waals surface area contributed by atoms with Crippen molar-refractivity contribution in [1.29, 1.82) is 0 Å². The third-order valence-electron chi connectivity index (χ3n) is 6.38. The summed E-state index contributed by atoms with van der Waals surface area (Å²) in [7, 11) is 1.44. The van der Waals surface area contributed by atoms with Crippen molar-refractivity contribution in [3.8, 4) is 17.2 Å². The molecule has 0 spiro atoms. The second-order valence-electron chi connectivity index (χ2n) is 9.51. The molecule has 0 aromatic heterocycles. The van der Waals surface area contributed by atoms with Gasteiger partial charge < -0.3 is 29.6 Å². The molecule has 3 aromatic rings. The topological polar surface area (TPSA) is 137 Å². The minimum Gasteiger partial charge on any atom is -0.493 e. The number of benzene rings is 3. The normalized spacial score (nSPS) is 14.4. The highest BCUT2D eigenvalue weighted by molar-refractivity contribution is 9.10. The number of nitrogens with one attached hydrogen (secondary N) is 3. The summed E-state index contributed by atoms with van der Waals surface area (Å²) in [5.74, 6) is 0.122. The van der Waals surface area contributed by atoms with Crippen LogP contribution >= 0.6 is 39.1 Å². The van der Waals surface area contributed by atoms with Crippen LogP contribution < -0.4 is 30.3 Å². The van der Waals surface area contributed by atoms with E-state index in [4.69, 9.17) is 42.1 Å². The molecule has 45 heavy (non-hydrogen) atoms. The Balaban J connectivity index is 1.33. The summed E-state index contributed by atoms with van der Waals surface area (Å²) in [4.78, 5) is 37.2. The van der Waals surface area contributed by atoms with Gasteiger partial charge in [0, 0.05) is 5.70 Å². The molecule has 3 aromatic carbocycles. The Labute approximate surface area is 278 Å². The largest absolute Gasteiger partial charge is 0.493 e. The smallest absolute Gasteiger partial charge is 0.338 e. The standard InChI is InChI=1S/C31H29BrCl2N4O7/c1-4-43-30(40)28-17(2)36-31(41)37-29(28)20-7-10-25(26(13-20)42-3)45-16-27(39)38-35-14-18-6-9-24(21(32)11-18)44-15-19-5-8-22(33)23(34)12-19/h5-14,29H,4,15-16H2,1-3H3,(H,38,39)(H2,36,37,41)/b35-14-/t29-/m0/s1. The van der Waals surface area contributed by atoms with Crippen molar-refractivity contribution in [2.24, 2.45) is 5.10 Å². The van der Waals surface area contributed by atoms with Crippen LogP contribution in [-0.2, 0) is 20.9 Å². The number of amides is 3. The van der Waals surface area contributed by atoms with E-state index < -0.39 is 23.9 Å². The molecule has 14 heteroatoms. The van der Waals surface area contributed by atoms with E-state index >= 15 is 0 Å². The number of hydrogen-bond donors (Lipinski definition) is 3. The first-order valence-electron chi connectivity index (χ1n) is 13.5. The van der Waals surface area contributed by atoms with Gasteiger partial charge in [0.15, 0.2) is 18.1 Å². The van der Waals surface area contributed by atoms with Crippen LogP contribution in [0.2, 0.25) is 10.0 Å². The van der Waals surface area contributed by atoms with Crippen LogP contribution in [-0.4, -0.2) is 44.4 Å². The number of carbonyl (C=O) groups excluding carboxylic acids is 3. The number of esters is 1. The maximum absolute atomic E-state index is 12.6. The van der Waals surface area contributed by atoms with E-state index in [9.17, 15) is 14.4 Å². The molecule has 1 aliphatic heterocycles. The fourth-order valence-electron chi connectivity index (χ4n) is 4.27. The maximum atomic E-state index is 12.6. The minimum absolute atomic E-state index is 0.180. The highest BCUT2D eigenvalue weighted by atomic mass is 79.9. The van der Waals surface area contributed by atoms with E-state index in [-0.39, 0.29) is 24.5 Å². The fraction of sp³-hybridized carbons (Fsp3) is 0.226. The Morgan fingerprint density at radius 2 is 1.80 bits per heavy atom. The molecule has 4 rings (SSSR count). The Morgan fingerprint density at radius 1 is 1.02 bits per heavy atom. The Hall–Kier alpha value is -4.26. The van der Waals surface area contributed by atoms with E-state index in [0.29, 0.717) is 49.4 Å². The SMILES string of the molecule is CCOC(=O)C1=C(C)NC(=O)N[C@H]1c1ccc(OCC(=O)N/N=C\c2ccc(OCc3ccc(Cl)c(Cl)c3)c(Br)c2)c(OC)c1. The molecule has 236 valence electrons. The highest BCUT2D eigenvalue weighted by Crippen LogP contribution is 2.35. The molecule has 3 amide bonds. The summed E-state index contributed by atoms with van der Waals surface area (Å²) in [6.07, 6.45) is 1.48. The van der Waals surface area contributed by atoms with E-state index in [0.717, 1.165) is 5.56 Å². The monoisotopic (exact) mass is 718 g/mol. The summed E-state index contributed by atoms with van der Waals surface area (Å²) < 4.78 is 22.8. The van der Waals surface area contributed by atoms with E-state index in [2.05, 4.69) is 37.1 Å².